The first-order valence-corrected chi connectivity index (χ1v) is 10.9. The molecule has 2 amide bonds. The second-order valence-electron chi connectivity index (χ2n) is 6.99. The first kappa shape index (κ1) is 23.8. The molecule has 33 heavy (non-hydrogen) atoms. The molecular formula is C24H24N2O6S. The standard InChI is InChI=1S/C24H24N2O6S/c1-15(19-13-18(30-2)9-10-20(19)31-3)25-22(27)14-32-24(29)16-6-4-7-17(12-16)26-23(28)21-8-5-11-33-21/h4-13,15H,14H2,1-3H3,(H,25,27)(H,26,28). The third-order valence-electron chi connectivity index (χ3n) is 4.72. The summed E-state index contributed by atoms with van der Waals surface area (Å²) in [5, 5.41) is 7.31. The van der Waals surface area contributed by atoms with Crippen LogP contribution in [0.1, 0.15) is 38.6 Å². The van der Waals surface area contributed by atoms with Crippen molar-refractivity contribution in [2.45, 2.75) is 13.0 Å². The number of nitrogens with one attached hydrogen (secondary N) is 2. The summed E-state index contributed by atoms with van der Waals surface area (Å²) in [6.07, 6.45) is 0. The first-order valence-electron chi connectivity index (χ1n) is 10.0. The van der Waals surface area contributed by atoms with Gasteiger partial charge in [-0.1, -0.05) is 12.1 Å². The molecule has 0 aliphatic heterocycles. The van der Waals surface area contributed by atoms with Crippen LogP contribution in [0.15, 0.2) is 60.0 Å². The average molecular weight is 469 g/mol. The van der Waals surface area contributed by atoms with E-state index in [1.165, 1.54) is 17.4 Å². The van der Waals surface area contributed by atoms with Gasteiger partial charge in [-0.2, -0.15) is 0 Å². The summed E-state index contributed by atoms with van der Waals surface area (Å²) in [6, 6.07) is 14.7. The zero-order valence-corrected chi connectivity index (χ0v) is 19.2. The molecule has 3 aromatic rings. The fraction of sp³-hybridized carbons (Fsp3) is 0.208. The van der Waals surface area contributed by atoms with Crippen molar-refractivity contribution in [1.29, 1.82) is 0 Å². The van der Waals surface area contributed by atoms with Crippen LogP contribution in [0, 0.1) is 0 Å². The van der Waals surface area contributed by atoms with Crippen LogP contribution in [0.3, 0.4) is 0 Å². The maximum absolute atomic E-state index is 12.4. The van der Waals surface area contributed by atoms with Crippen molar-refractivity contribution in [3.8, 4) is 11.5 Å². The third kappa shape index (κ3) is 6.33. The number of rotatable bonds is 9. The summed E-state index contributed by atoms with van der Waals surface area (Å²) in [7, 11) is 3.09. The van der Waals surface area contributed by atoms with Gasteiger partial charge in [-0.05, 0) is 54.8 Å². The summed E-state index contributed by atoms with van der Waals surface area (Å²) in [6.45, 7) is 1.33. The highest BCUT2D eigenvalue weighted by Crippen LogP contribution is 2.29. The highest BCUT2D eigenvalue weighted by molar-refractivity contribution is 7.12. The number of hydrogen-bond acceptors (Lipinski definition) is 7. The quantitative estimate of drug-likeness (QED) is 0.459. The largest absolute Gasteiger partial charge is 0.497 e. The Morgan fingerprint density at radius 1 is 1.00 bits per heavy atom. The van der Waals surface area contributed by atoms with Crippen molar-refractivity contribution >= 4 is 34.8 Å². The van der Waals surface area contributed by atoms with Crippen molar-refractivity contribution in [1.82, 2.24) is 5.32 Å². The first-order chi connectivity index (χ1) is 15.9. The van der Waals surface area contributed by atoms with Crippen LogP contribution in [-0.2, 0) is 9.53 Å². The van der Waals surface area contributed by atoms with Crippen LogP contribution in [-0.4, -0.2) is 38.6 Å². The van der Waals surface area contributed by atoms with Gasteiger partial charge in [0.15, 0.2) is 6.61 Å². The Morgan fingerprint density at radius 3 is 2.52 bits per heavy atom. The molecule has 1 atom stereocenters. The number of amides is 2. The van der Waals surface area contributed by atoms with Gasteiger partial charge in [-0.25, -0.2) is 4.79 Å². The van der Waals surface area contributed by atoms with Crippen molar-refractivity contribution < 1.29 is 28.6 Å². The molecule has 0 aliphatic rings. The van der Waals surface area contributed by atoms with Gasteiger partial charge in [-0.3, -0.25) is 9.59 Å². The molecular weight excluding hydrogens is 444 g/mol. The molecule has 9 heteroatoms. The normalized spacial score (nSPS) is 11.2. The van der Waals surface area contributed by atoms with E-state index in [2.05, 4.69) is 10.6 Å². The van der Waals surface area contributed by atoms with E-state index < -0.39 is 24.5 Å². The lowest BCUT2D eigenvalue weighted by Gasteiger charge is -2.18. The maximum Gasteiger partial charge on any atom is 0.338 e. The molecule has 0 bridgehead atoms. The fourth-order valence-electron chi connectivity index (χ4n) is 3.08. The molecule has 0 saturated heterocycles. The SMILES string of the molecule is COc1ccc(OC)c(C(C)NC(=O)COC(=O)c2cccc(NC(=O)c3cccs3)c2)c1. The van der Waals surface area contributed by atoms with Gasteiger partial charge in [0.05, 0.1) is 30.7 Å². The summed E-state index contributed by atoms with van der Waals surface area (Å²) < 4.78 is 15.7. The van der Waals surface area contributed by atoms with Crippen LogP contribution in [0.25, 0.3) is 0 Å². The lowest BCUT2D eigenvalue weighted by atomic mass is 10.1. The second-order valence-corrected chi connectivity index (χ2v) is 7.93. The minimum atomic E-state index is -0.677. The third-order valence-corrected chi connectivity index (χ3v) is 5.58. The fourth-order valence-corrected chi connectivity index (χ4v) is 3.70. The van der Waals surface area contributed by atoms with Crippen LogP contribution < -0.4 is 20.1 Å². The molecule has 2 N–H and O–H groups in total. The lowest BCUT2D eigenvalue weighted by molar-refractivity contribution is -0.124. The highest BCUT2D eigenvalue weighted by Gasteiger charge is 2.17. The molecule has 1 aromatic heterocycles. The predicted molar refractivity (Wildman–Crippen MR) is 125 cm³/mol. The molecule has 0 aliphatic carbocycles. The van der Waals surface area contributed by atoms with Gasteiger partial charge in [0, 0.05) is 11.3 Å². The molecule has 0 fully saturated rings. The van der Waals surface area contributed by atoms with Crippen LogP contribution >= 0.6 is 11.3 Å². The van der Waals surface area contributed by atoms with Crippen molar-refractivity contribution in [2.75, 3.05) is 26.1 Å². The number of methoxy groups -OCH3 is 2. The predicted octanol–water partition coefficient (Wildman–Crippen LogP) is 4.05. The van der Waals surface area contributed by atoms with E-state index >= 15 is 0 Å². The molecule has 172 valence electrons. The molecule has 0 spiro atoms. The van der Waals surface area contributed by atoms with E-state index in [0.717, 1.165) is 5.56 Å². The summed E-state index contributed by atoms with van der Waals surface area (Å²) in [5.74, 6) is -0.185. The Balaban J connectivity index is 1.56. The maximum atomic E-state index is 12.4. The zero-order chi connectivity index (χ0) is 23.8. The Bertz CT molecular complexity index is 1130. The smallest absolute Gasteiger partial charge is 0.338 e. The van der Waals surface area contributed by atoms with Gasteiger partial charge in [-0.15, -0.1) is 11.3 Å². The minimum Gasteiger partial charge on any atom is -0.497 e. The Morgan fingerprint density at radius 2 is 1.82 bits per heavy atom. The molecule has 0 saturated carbocycles. The number of anilines is 1. The number of carbonyl (C=O) groups is 3. The summed E-state index contributed by atoms with van der Waals surface area (Å²) >= 11 is 1.32. The van der Waals surface area contributed by atoms with Gasteiger partial charge in [0.1, 0.15) is 11.5 Å². The van der Waals surface area contributed by atoms with E-state index in [4.69, 9.17) is 14.2 Å². The molecule has 1 heterocycles. The van der Waals surface area contributed by atoms with Crippen molar-refractivity contribution in [3.63, 3.8) is 0 Å². The van der Waals surface area contributed by atoms with Crippen LogP contribution in [0.5, 0.6) is 11.5 Å². The number of benzene rings is 2. The number of thiophene rings is 1. The highest BCUT2D eigenvalue weighted by atomic mass is 32.1. The van der Waals surface area contributed by atoms with Crippen molar-refractivity contribution in [2.24, 2.45) is 0 Å². The zero-order valence-electron chi connectivity index (χ0n) is 18.4. The minimum absolute atomic E-state index is 0.217. The van der Waals surface area contributed by atoms with Gasteiger partial charge < -0.3 is 24.8 Å². The molecule has 1 unspecified atom stereocenters. The molecule has 8 nitrogen and oxygen atoms in total. The monoisotopic (exact) mass is 468 g/mol. The summed E-state index contributed by atoms with van der Waals surface area (Å²) in [5.41, 5.74) is 1.39. The van der Waals surface area contributed by atoms with E-state index in [0.29, 0.717) is 22.1 Å². The molecule has 2 aromatic carbocycles. The molecule has 3 rings (SSSR count). The van der Waals surface area contributed by atoms with Gasteiger partial charge in [0.25, 0.3) is 11.8 Å². The number of hydrogen-bond donors (Lipinski definition) is 2. The second kappa shape index (κ2) is 11.1. The number of esters is 1. The average Bonchev–Trinajstić information content (AvgIpc) is 3.37. The number of ether oxygens (including phenoxy) is 3. The Labute approximate surface area is 195 Å². The molecule has 0 radical (unpaired) electrons. The lowest BCUT2D eigenvalue weighted by Crippen LogP contribution is -2.31. The van der Waals surface area contributed by atoms with E-state index in [-0.39, 0.29) is 11.5 Å². The van der Waals surface area contributed by atoms with Crippen molar-refractivity contribution in [3.05, 3.63) is 76.0 Å². The Hall–Kier alpha value is -3.85. The topological polar surface area (TPSA) is 103 Å². The van der Waals surface area contributed by atoms with Gasteiger partial charge in [0.2, 0.25) is 0 Å². The Kier molecular flexibility index (Phi) is 8.04. The summed E-state index contributed by atoms with van der Waals surface area (Å²) in [4.78, 5) is 37.5. The van der Waals surface area contributed by atoms with Crippen LogP contribution in [0.4, 0.5) is 5.69 Å². The van der Waals surface area contributed by atoms with E-state index in [9.17, 15) is 14.4 Å². The van der Waals surface area contributed by atoms with Crippen LogP contribution in [0.2, 0.25) is 0 Å². The van der Waals surface area contributed by atoms with E-state index in [1.807, 2.05) is 0 Å². The number of carbonyl (C=O) groups excluding carboxylic acids is 3. The van der Waals surface area contributed by atoms with E-state index in [1.54, 1.807) is 75.1 Å². The van der Waals surface area contributed by atoms with Gasteiger partial charge >= 0.3 is 5.97 Å².